The van der Waals surface area contributed by atoms with Crippen LogP contribution in [0.2, 0.25) is 0 Å². The average molecular weight is 391 g/mol. The molecule has 2 atom stereocenters. The van der Waals surface area contributed by atoms with Gasteiger partial charge in [-0.15, -0.1) is 0 Å². The van der Waals surface area contributed by atoms with Crippen LogP contribution in [-0.2, 0) is 9.53 Å². The lowest BCUT2D eigenvalue weighted by molar-refractivity contribution is -0.135. The zero-order valence-corrected chi connectivity index (χ0v) is 17.3. The van der Waals surface area contributed by atoms with Crippen LogP contribution in [0.25, 0.3) is 0 Å². The number of carbonyl (C=O) groups excluding carboxylic acids is 2. The molecule has 1 aromatic carbocycles. The van der Waals surface area contributed by atoms with Crippen LogP contribution in [0.5, 0.6) is 0 Å². The quantitative estimate of drug-likeness (QED) is 0.763. The van der Waals surface area contributed by atoms with E-state index in [1.54, 1.807) is 4.90 Å². The Morgan fingerprint density at radius 1 is 1.07 bits per heavy atom. The molecule has 0 radical (unpaired) electrons. The summed E-state index contributed by atoms with van der Waals surface area (Å²) in [6, 6.07) is 10.1. The number of likely N-dealkylation sites (tertiary alicyclic amines) is 1. The monoisotopic (exact) mass is 390 g/mol. The maximum Gasteiger partial charge on any atom is 0.410 e. The lowest BCUT2D eigenvalue weighted by atomic mass is 10.1. The summed E-state index contributed by atoms with van der Waals surface area (Å²) in [6.07, 6.45) is 2.15. The largest absolute Gasteiger partial charge is 0.444 e. The van der Waals surface area contributed by atoms with Crippen molar-refractivity contribution in [2.75, 3.05) is 25.4 Å². The molecule has 3 rings (SSSR count). The van der Waals surface area contributed by atoms with Gasteiger partial charge in [0.25, 0.3) is 0 Å². The molecule has 2 saturated heterocycles. The fourth-order valence-corrected chi connectivity index (χ4v) is 4.93. The van der Waals surface area contributed by atoms with E-state index in [0.29, 0.717) is 11.8 Å². The zero-order chi connectivity index (χ0) is 19.4. The Labute approximate surface area is 166 Å². The average Bonchev–Trinajstić information content (AvgIpc) is 2.98. The van der Waals surface area contributed by atoms with E-state index in [4.69, 9.17) is 4.74 Å². The highest BCUT2D eigenvalue weighted by atomic mass is 32.2. The number of hydrogen-bond acceptors (Lipinski definition) is 4. The number of amides is 2. The fourth-order valence-electron chi connectivity index (χ4n) is 3.70. The predicted molar refractivity (Wildman–Crippen MR) is 109 cm³/mol. The molecule has 0 bridgehead atoms. The van der Waals surface area contributed by atoms with E-state index in [2.05, 4.69) is 24.3 Å². The van der Waals surface area contributed by atoms with Gasteiger partial charge in [-0.3, -0.25) is 9.69 Å². The second-order valence-electron chi connectivity index (χ2n) is 8.22. The van der Waals surface area contributed by atoms with E-state index >= 15 is 0 Å². The highest BCUT2D eigenvalue weighted by molar-refractivity contribution is 7.99. The number of hydrogen-bond donors (Lipinski definition) is 0. The molecule has 0 aromatic heterocycles. The summed E-state index contributed by atoms with van der Waals surface area (Å²) in [5.41, 5.74) is 0.781. The van der Waals surface area contributed by atoms with Gasteiger partial charge < -0.3 is 9.64 Å². The number of rotatable bonds is 2. The molecule has 2 unspecified atom stereocenters. The van der Waals surface area contributed by atoms with E-state index in [0.717, 1.165) is 38.1 Å². The van der Waals surface area contributed by atoms with Crippen molar-refractivity contribution in [3.05, 3.63) is 35.9 Å². The smallest absolute Gasteiger partial charge is 0.410 e. The van der Waals surface area contributed by atoms with Gasteiger partial charge in [0.1, 0.15) is 11.6 Å². The van der Waals surface area contributed by atoms with Crippen molar-refractivity contribution in [2.45, 2.75) is 56.9 Å². The van der Waals surface area contributed by atoms with Crippen molar-refractivity contribution in [3.63, 3.8) is 0 Å². The first-order chi connectivity index (χ1) is 12.8. The van der Waals surface area contributed by atoms with Crippen molar-refractivity contribution >= 4 is 23.8 Å². The minimum Gasteiger partial charge on any atom is -0.444 e. The van der Waals surface area contributed by atoms with Crippen LogP contribution in [0.3, 0.4) is 0 Å². The van der Waals surface area contributed by atoms with Crippen molar-refractivity contribution in [3.8, 4) is 0 Å². The van der Waals surface area contributed by atoms with E-state index < -0.39 is 5.60 Å². The Kier molecular flexibility index (Phi) is 6.35. The summed E-state index contributed by atoms with van der Waals surface area (Å²) in [6.45, 7) is 7.64. The summed E-state index contributed by atoms with van der Waals surface area (Å²) in [5.74, 6) is 0.998. The van der Waals surface area contributed by atoms with Crippen LogP contribution in [0.1, 0.15) is 50.8 Å². The van der Waals surface area contributed by atoms with Gasteiger partial charge in [0.2, 0.25) is 5.91 Å². The molecule has 0 N–H and O–H groups in total. The van der Waals surface area contributed by atoms with Crippen LogP contribution < -0.4 is 0 Å². The normalized spacial score (nSPS) is 23.8. The van der Waals surface area contributed by atoms with Crippen molar-refractivity contribution in [1.82, 2.24) is 9.80 Å². The number of thioether (sulfide) groups is 1. The van der Waals surface area contributed by atoms with Gasteiger partial charge in [0.15, 0.2) is 0 Å². The Morgan fingerprint density at radius 3 is 2.52 bits per heavy atom. The summed E-state index contributed by atoms with van der Waals surface area (Å²) in [7, 11) is 0. The molecule has 27 heavy (non-hydrogen) atoms. The molecule has 2 heterocycles. The van der Waals surface area contributed by atoms with Gasteiger partial charge in [-0.05, 0) is 45.6 Å². The number of carbonyl (C=O) groups is 2. The van der Waals surface area contributed by atoms with Crippen molar-refractivity contribution in [1.29, 1.82) is 0 Å². The third-order valence-electron chi connectivity index (χ3n) is 4.99. The van der Waals surface area contributed by atoms with E-state index in [9.17, 15) is 9.59 Å². The molecule has 0 aliphatic carbocycles. The minimum atomic E-state index is -0.546. The molecular formula is C21H30N2O3S. The maximum absolute atomic E-state index is 13.1. The van der Waals surface area contributed by atoms with Gasteiger partial charge >= 0.3 is 6.09 Å². The Morgan fingerprint density at radius 2 is 1.81 bits per heavy atom. The first-order valence-electron chi connectivity index (χ1n) is 9.80. The molecule has 5 nitrogen and oxygen atoms in total. The highest BCUT2D eigenvalue weighted by Gasteiger charge is 2.39. The van der Waals surface area contributed by atoms with Gasteiger partial charge in [-0.2, -0.15) is 11.8 Å². The summed E-state index contributed by atoms with van der Waals surface area (Å²) in [4.78, 5) is 29.2. The SMILES string of the molecule is CC(C)(C)OC(=O)N1CCCC1C(=O)N1CCSC(c2ccccc2)CC1. The molecular weight excluding hydrogens is 360 g/mol. The topological polar surface area (TPSA) is 49.9 Å². The maximum atomic E-state index is 13.1. The van der Waals surface area contributed by atoms with Crippen LogP contribution >= 0.6 is 11.8 Å². The molecule has 0 spiro atoms. The van der Waals surface area contributed by atoms with Gasteiger partial charge in [-0.25, -0.2) is 4.79 Å². The van der Waals surface area contributed by atoms with E-state index in [1.807, 2.05) is 43.5 Å². The third kappa shape index (κ3) is 5.18. The van der Waals surface area contributed by atoms with Crippen LogP contribution in [0.15, 0.2) is 30.3 Å². The Hall–Kier alpha value is -1.69. The lowest BCUT2D eigenvalue weighted by Gasteiger charge is -2.31. The van der Waals surface area contributed by atoms with Crippen LogP contribution in [0.4, 0.5) is 4.79 Å². The van der Waals surface area contributed by atoms with Crippen LogP contribution in [0, 0.1) is 0 Å². The molecule has 0 saturated carbocycles. The number of ether oxygens (including phenoxy) is 1. The molecule has 2 aliphatic rings. The standard InChI is InChI=1S/C21H30N2O3S/c1-21(2,3)26-20(25)23-12-7-10-17(23)19(24)22-13-11-18(27-15-14-22)16-8-5-4-6-9-16/h4-6,8-9,17-18H,7,10-15H2,1-3H3. The molecule has 1 aromatic rings. The molecule has 2 fully saturated rings. The molecule has 2 amide bonds. The highest BCUT2D eigenvalue weighted by Crippen LogP contribution is 2.34. The zero-order valence-electron chi connectivity index (χ0n) is 16.5. The van der Waals surface area contributed by atoms with Gasteiger partial charge in [0.05, 0.1) is 0 Å². The second-order valence-corrected chi connectivity index (χ2v) is 9.53. The van der Waals surface area contributed by atoms with E-state index in [1.165, 1.54) is 5.56 Å². The first kappa shape index (κ1) is 20.1. The fraction of sp³-hybridized carbons (Fsp3) is 0.619. The second kappa shape index (κ2) is 8.55. The Bertz CT molecular complexity index is 659. The molecule has 6 heteroatoms. The lowest BCUT2D eigenvalue weighted by Crippen LogP contribution is -2.49. The predicted octanol–water partition coefficient (Wildman–Crippen LogP) is 4.09. The minimum absolute atomic E-state index is 0.0765. The van der Waals surface area contributed by atoms with Gasteiger partial charge in [0, 0.05) is 30.6 Å². The van der Waals surface area contributed by atoms with Crippen molar-refractivity contribution in [2.24, 2.45) is 0 Å². The summed E-state index contributed by atoms with van der Waals surface area (Å²) in [5, 5.41) is 0.425. The van der Waals surface area contributed by atoms with Gasteiger partial charge in [-0.1, -0.05) is 30.3 Å². The Balaban J connectivity index is 1.62. The molecule has 148 valence electrons. The summed E-state index contributed by atoms with van der Waals surface area (Å²) < 4.78 is 5.50. The molecule has 2 aliphatic heterocycles. The first-order valence-corrected chi connectivity index (χ1v) is 10.8. The number of nitrogens with zero attached hydrogens (tertiary/aromatic N) is 2. The van der Waals surface area contributed by atoms with E-state index in [-0.39, 0.29) is 18.0 Å². The number of benzene rings is 1. The summed E-state index contributed by atoms with van der Waals surface area (Å²) >= 11 is 1.92. The third-order valence-corrected chi connectivity index (χ3v) is 6.32. The van der Waals surface area contributed by atoms with Crippen molar-refractivity contribution < 1.29 is 14.3 Å². The van der Waals surface area contributed by atoms with Crippen LogP contribution in [-0.4, -0.2) is 58.8 Å².